The predicted octanol–water partition coefficient (Wildman–Crippen LogP) is 3.33. The summed E-state index contributed by atoms with van der Waals surface area (Å²) >= 11 is 0. The molecule has 0 saturated heterocycles. The molecule has 0 radical (unpaired) electrons. The molecular weight excluding hydrogens is 313 g/mol. The molecule has 6 heteroatoms. The largest absolute Gasteiger partial charge is 0.507 e. The van der Waals surface area contributed by atoms with Gasteiger partial charge in [0.25, 0.3) is 5.91 Å². The van der Waals surface area contributed by atoms with E-state index in [-0.39, 0.29) is 17.0 Å². The molecule has 0 fully saturated rings. The second-order valence-electron chi connectivity index (χ2n) is 5.52. The van der Waals surface area contributed by atoms with Crippen LogP contribution in [0.25, 0.3) is 0 Å². The Kier molecular flexibility index (Phi) is 5.18. The first kappa shape index (κ1) is 17.5. The van der Waals surface area contributed by atoms with E-state index in [9.17, 15) is 19.1 Å². The number of carbonyl (C=O) groups excluding carboxylic acids is 2. The van der Waals surface area contributed by atoms with Gasteiger partial charge in [0, 0.05) is 5.69 Å². The van der Waals surface area contributed by atoms with Gasteiger partial charge in [0.1, 0.15) is 17.1 Å². The van der Waals surface area contributed by atoms with Gasteiger partial charge >= 0.3 is 5.97 Å². The van der Waals surface area contributed by atoms with Crippen LogP contribution in [0.4, 0.5) is 10.1 Å². The molecule has 2 aromatic carbocycles. The number of phenolic OH excluding ortho intramolecular Hbond substituents is 1. The summed E-state index contributed by atoms with van der Waals surface area (Å²) in [4.78, 5) is 24.1. The van der Waals surface area contributed by atoms with E-state index in [1.54, 1.807) is 26.0 Å². The number of aromatic hydroxyl groups is 1. The molecule has 0 aliphatic heterocycles. The fourth-order valence-corrected chi connectivity index (χ4v) is 2.01. The van der Waals surface area contributed by atoms with Gasteiger partial charge in [-0.3, -0.25) is 4.79 Å². The molecule has 0 aromatic heterocycles. The van der Waals surface area contributed by atoms with Gasteiger partial charge in [-0.2, -0.15) is 0 Å². The van der Waals surface area contributed by atoms with Crippen molar-refractivity contribution in [2.75, 3.05) is 5.32 Å². The van der Waals surface area contributed by atoms with Crippen molar-refractivity contribution in [2.24, 2.45) is 0 Å². The number of carbonyl (C=O) groups is 2. The van der Waals surface area contributed by atoms with Crippen LogP contribution >= 0.6 is 0 Å². The van der Waals surface area contributed by atoms with Crippen molar-refractivity contribution >= 4 is 17.6 Å². The van der Waals surface area contributed by atoms with Gasteiger partial charge in [-0.15, -0.1) is 0 Å². The van der Waals surface area contributed by atoms with Crippen molar-refractivity contribution in [2.45, 2.75) is 26.9 Å². The Balaban J connectivity index is 2.04. The molecule has 1 amide bonds. The Morgan fingerprint density at radius 1 is 1.17 bits per heavy atom. The van der Waals surface area contributed by atoms with Gasteiger partial charge in [-0.1, -0.05) is 17.7 Å². The summed E-state index contributed by atoms with van der Waals surface area (Å²) in [6.45, 7) is 4.77. The van der Waals surface area contributed by atoms with Crippen LogP contribution in [0, 0.1) is 19.7 Å². The molecule has 2 N–H and O–H groups in total. The molecule has 24 heavy (non-hydrogen) atoms. The minimum Gasteiger partial charge on any atom is -0.507 e. The Hall–Kier alpha value is -2.89. The summed E-state index contributed by atoms with van der Waals surface area (Å²) in [7, 11) is 0. The standard InChI is InChI=1S/C18H18FNO4/c1-10-4-7-16(21)14(8-10)18(23)24-12(3)17(22)20-13-6-5-11(2)15(19)9-13/h4-9,12,21H,1-3H3,(H,20,22)/t12-/m1/s1. The highest BCUT2D eigenvalue weighted by Gasteiger charge is 2.21. The van der Waals surface area contributed by atoms with Crippen molar-refractivity contribution in [3.05, 3.63) is 58.9 Å². The molecule has 2 aromatic rings. The lowest BCUT2D eigenvalue weighted by molar-refractivity contribution is -0.123. The fourth-order valence-electron chi connectivity index (χ4n) is 2.01. The van der Waals surface area contributed by atoms with Crippen molar-refractivity contribution in [1.82, 2.24) is 0 Å². The molecule has 0 unspecified atom stereocenters. The number of ether oxygens (including phenoxy) is 1. The second-order valence-corrected chi connectivity index (χ2v) is 5.52. The molecule has 0 aliphatic carbocycles. The zero-order chi connectivity index (χ0) is 17.9. The summed E-state index contributed by atoms with van der Waals surface area (Å²) in [6.07, 6.45) is -1.11. The highest BCUT2D eigenvalue weighted by atomic mass is 19.1. The SMILES string of the molecule is Cc1ccc(O)c(C(=O)O[C@H](C)C(=O)Nc2ccc(C)c(F)c2)c1. The van der Waals surface area contributed by atoms with Crippen LogP contribution in [-0.2, 0) is 9.53 Å². The maximum absolute atomic E-state index is 13.5. The number of esters is 1. The van der Waals surface area contributed by atoms with Crippen LogP contribution < -0.4 is 5.32 Å². The number of aryl methyl sites for hydroxylation is 2. The molecular formula is C18H18FNO4. The minimum atomic E-state index is -1.11. The van der Waals surface area contributed by atoms with Gasteiger partial charge in [-0.25, -0.2) is 9.18 Å². The zero-order valence-electron chi connectivity index (χ0n) is 13.6. The number of benzene rings is 2. The summed E-state index contributed by atoms with van der Waals surface area (Å²) in [5, 5.41) is 12.2. The smallest absolute Gasteiger partial charge is 0.342 e. The van der Waals surface area contributed by atoms with Gasteiger partial charge in [-0.05, 0) is 50.6 Å². The predicted molar refractivity (Wildman–Crippen MR) is 87.5 cm³/mol. The third kappa shape index (κ3) is 4.10. The van der Waals surface area contributed by atoms with E-state index in [2.05, 4.69) is 5.32 Å². The molecule has 126 valence electrons. The average molecular weight is 331 g/mol. The third-order valence-electron chi connectivity index (χ3n) is 3.46. The third-order valence-corrected chi connectivity index (χ3v) is 3.46. The molecule has 1 atom stereocenters. The molecule has 0 bridgehead atoms. The van der Waals surface area contributed by atoms with Gasteiger partial charge < -0.3 is 15.2 Å². The van der Waals surface area contributed by atoms with E-state index in [0.717, 1.165) is 5.56 Å². The lowest BCUT2D eigenvalue weighted by Gasteiger charge is -2.14. The van der Waals surface area contributed by atoms with Crippen LogP contribution in [0.1, 0.15) is 28.4 Å². The molecule has 0 aliphatic rings. The van der Waals surface area contributed by atoms with Crippen molar-refractivity contribution in [3.8, 4) is 5.75 Å². The van der Waals surface area contributed by atoms with Crippen molar-refractivity contribution < 1.29 is 23.8 Å². The van der Waals surface area contributed by atoms with E-state index in [4.69, 9.17) is 4.74 Å². The number of rotatable bonds is 4. The van der Waals surface area contributed by atoms with E-state index in [1.807, 2.05) is 0 Å². The van der Waals surface area contributed by atoms with Gasteiger partial charge in [0.15, 0.2) is 6.10 Å². The molecule has 0 spiro atoms. The van der Waals surface area contributed by atoms with Crippen LogP contribution in [0.5, 0.6) is 5.75 Å². The Bertz CT molecular complexity index is 789. The number of amides is 1. The van der Waals surface area contributed by atoms with Crippen molar-refractivity contribution in [1.29, 1.82) is 0 Å². The topological polar surface area (TPSA) is 75.6 Å². The van der Waals surface area contributed by atoms with Gasteiger partial charge in [0.2, 0.25) is 0 Å². The number of hydrogen-bond acceptors (Lipinski definition) is 4. The molecule has 0 heterocycles. The summed E-state index contributed by atoms with van der Waals surface area (Å²) < 4.78 is 18.5. The number of halogens is 1. The van der Waals surface area contributed by atoms with E-state index in [0.29, 0.717) is 5.56 Å². The highest BCUT2D eigenvalue weighted by Crippen LogP contribution is 2.20. The zero-order valence-corrected chi connectivity index (χ0v) is 13.6. The monoisotopic (exact) mass is 331 g/mol. The fraction of sp³-hybridized carbons (Fsp3) is 0.222. The molecule has 0 saturated carbocycles. The molecule has 2 rings (SSSR count). The van der Waals surface area contributed by atoms with Crippen LogP contribution in [-0.4, -0.2) is 23.1 Å². The average Bonchev–Trinajstić information content (AvgIpc) is 2.53. The second kappa shape index (κ2) is 7.12. The van der Waals surface area contributed by atoms with Crippen molar-refractivity contribution in [3.63, 3.8) is 0 Å². The van der Waals surface area contributed by atoms with Crippen LogP contribution in [0.2, 0.25) is 0 Å². The maximum Gasteiger partial charge on any atom is 0.342 e. The Morgan fingerprint density at radius 3 is 2.54 bits per heavy atom. The van der Waals surface area contributed by atoms with Gasteiger partial charge in [0.05, 0.1) is 0 Å². The lowest BCUT2D eigenvalue weighted by Crippen LogP contribution is -2.30. The Morgan fingerprint density at radius 2 is 1.88 bits per heavy atom. The number of anilines is 1. The summed E-state index contributed by atoms with van der Waals surface area (Å²) in [5.41, 5.74) is 1.48. The Labute approximate surface area is 139 Å². The first-order valence-corrected chi connectivity index (χ1v) is 7.35. The number of nitrogens with one attached hydrogen (secondary N) is 1. The lowest BCUT2D eigenvalue weighted by atomic mass is 10.1. The number of hydrogen-bond donors (Lipinski definition) is 2. The van der Waals surface area contributed by atoms with E-state index in [1.165, 1.54) is 31.2 Å². The maximum atomic E-state index is 13.5. The number of phenols is 1. The minimum absolute atomic E-state index is 0.0176. The summed E-state index contributed by atoms with van der Waals surface area (Å²) in [6, 6.07) is 8.77. The first-order chi connectivity index (χ1) is 11.3. The normalized spacial score (nSPS) is 11.7. The van der Waals surface area contributed by atoms with E-state index < -0.39 is 23.8 Å². The summed E-state index contributed by atoms with van der Waals surface area (Å²) in [5.74, 6) is -2.08. The van der Waals surface area contributed by atoms with Crippen LogP contribution in [0.3, 0.4) is 0 Å². The molecule has 5 nitrogen and oxygen atoms in total. The van der Waals surface area contributed by atoms with Crippen LogP contribution in [0.15, 0.2) is 36.4 Å². The van der Waals surface area contributed by atoms with E-state index >= 15 is 0 Å². The quantitative estimate of drug-likeness (QED) is 0.843. The first-order valence-electron chi connectivity index (χ1n) is 7.35. The highest BCUT2D eigenvalue weighted by molar-refractivity contribution is 5.98.